The maximum Gasteiger partial charge on any atom is 0.251 e. The summed E-state index contributed by atoms with van der Waals surface area (Å²) in [6.07, 6.45) is 1.44. The molecule has 1 aromatic rings. The maximum absolute atomic E-state index is 11.6. The van der Waals surface area contributed by atoms with Crippen molar-refractivity contribution >= 4 is 5.91 Å². The van der Waals surface area contributed by atoms with E-state index in [4.69, 9.17) is 5.11 Å². The molecule has 16 heavy (non-hydrogen) atoms. The first kappa shape index (κ1) is 12.4. The molecule has 0 fully saturated rings. The Balaban J connectivity index is 2.62. The molecule has 1 amide bonds. The first-order valence-corrected chi connectivity index (χ1v) is 5.16. The quantitative estimate of drug-likeness (QED) is 0.686. The molecular weight excluding hydrogens is 208 g/mol. The van der Waals surface area contributed by atoms with Crippen molar-refractivity contribution in [3.8, 4) is 0 Å². The molecule has 0 aliphatic carbocycles. The van der Waals surface area contributed by atoms with Crippen molar-refractivity contribution in [1.82, 2.24) is 10.3 Å². The molecule has 3 N–H and O–H groups in total. The van der Waals surface area contributed by atoms with Crippen LogP contribution in [-0.4, -0.2) is 28.1 Å². The first-order chi connectivity index (χ1) is 7.49. The van der Waals surface area contributed by atoms with Gasteiger partial charge >= 0.3 is 0 Å². The molecule has 2 atom stereocenters. The highest BCUT2D eigenvalue weighted by Gasteiger charge is 2.11. The van der Waals surface area contributed by atoms with Crippen molar-refractivity contribution in [3.05, 3.63) is 34.2 Å². The summed E-state index contributed by atoms with van der Waals surface area (Å²) >= 11 is 0. The second-order valence-electron chi connectivity index (χ2n) is 3.90. The molecule has 0 aromatic carbocycles. The van der Waals surface area contributed by atoms with Gasteiger partial charge in [-0.15, -0.1) is 0 Å². The van der Waals surface area contributed by atoms with E-state index in [0.717, 1.165) is 0 Å². The van der Waals surface area contributed by atoms with E-state index < -0.39 is 6.10 Å². The van der Waals surface area contributed by atoms with Crippen LogP contribution in [0.2, 0.25) is 0 Å². The lowest BCUT2D eigenvalue weighted by atomic mass is 10.1. The molecule has 0 radical (unpaired) electrons. The topological polar surface area (TPSA) is 82.2 Å². The number of aliphatic hydroxyl groups excluding tert-OH is 1. The van der Waals surface area contributed by atoms with Crippen LogP contribution < -0.4 is 10.9 Å². The largest absolute Gasteiger partial charge is 0.393 e. The monoisotopic (exact) mass is 224 g/mol. The summed E-state index contributed by atoms with van der Waals surface area (Å²) in [6.45, 7) is 3.47. The number of hydrogen-bond acceptors (Lipinski definition) is 3. The van der Waals surface area contributed by atoms with Gasteiger partial charge in [-0.1, -0.05) is 0 Å². The Kier molecular flexibility index (Phi) is 4.25. The first-order valence-electron chi connectivity index (χ1n) is 5.16. The van der Waals surface area contributed by atoms with E-state index in [1.54, 1.807) is 13.8 Å². The number of carbonyl (C=O) groups excluding carboxylic acids is 1. The van der Waals surface area contributed by atoms with Gasteiger partial charge in [-0.25, -0.2) is 0 Å². The number of rotatable bonds is 4. The Hall–Kier alpha value is -1.62. The van der Waals surface area contributed by atoms with Gasteiger partial charge in [0.05, 0.1) is 6.10 Å². The van der Waals surface area contributed by atoms with Crippen molar-refractivity contribution in [1.29, 1.82) is 0 Å². The number of nitrogens with one attached hydrogen (secondary N) is 2. The number of carbonyl (C=O) groups is 1. The van der Waals surface area contributed by atoms with Crippen LogP contribution in [0.4, 0.5) is 0 Å². The summed E-state index contributed by atoms with van der Waals surface area (Å²) in [4.78, 5) is 25.1. The highest BCUT2D eigenvalue weighted by molar-refractivity contribution is 5.94. The van der Waals surface area contributed by atoms with Crippen LogP contribution in [0, 0.1) is 0 Å². The van der Waals surface area contributed by atoms with Gasteiger partial charge < -0.3 is 15.4 Å². The fraction of sp³-hybridized carbons (Fsp3) is 0.455. The minimum absolute atomic E-state index is 0.133. The third-order valence-electron chi connectivity index (χ3n) is 2.11. The SMILES string of the molecule is CC(O)CC(C)NC(=O)c1cc[nH]c(=O)c1. The lowest BCUT2D eigenvalue weighted by Crippen LogP contribution is -2.35. The van der Waals surface area contributed by atoms with Gasteiger partial charge in [0.15, 0.2) is 0 Å². The number of aromatic nitrogens is 1. The van der Waals surface area contributed by atoms with Gasteiger partial charge in [0, 0.05) is 23.9 Å². The molecule has 0 aliphatic rings. The summed E-state index contributed by atoms with van der Waals surface area (Å²) in [5.41, 5.74) is 0.0111. The van der Waals surface area contributed by atoms with E-state index >= 15 is 0 Å². The predicted octanol–water partition coefficient (Wildman–Crippen LogP) is 0.264. The van der Waals surface area contributed by atoms with E-state index in [9.17, 15) is 9.59 Å². The molecule has 0 aliphatic heterocycles. The molecule has 1 rings (SSSR count). The minimum atomic E-state index is -0.463. The number of amides is 1. The van der Waals surface area contributed by atoms with Crippen LogP contribution in [0.3, 0.4) is 0 Å². The number of hydrogen-bond donors (Lipinski definition) is 3. The second kappa shape index (κ2) is 5.46. The third-order valence-corrected chi connectivity index (χ3v) is 2.11. The van der Waals surface area contributed by atoms with Gasteiger partial charge in [0.25, 0.3) is 5.91 Å². The molecule has 0 saturated heterocycles. The van der Waals surface area contributed by atoms with Crippen LogP contribution in [0.1, 0.15) is 30.6 Å². The number of aliphatic hydroxyl groups is 1. The molecule has 1 aromatic heterocycles. The van der Waals surface area contributed by atoms with Crippen molar-refractivity contribution in [2.24, 2.45) is 0 Å². The van der Waals surface area contributed by atoms with Gasteiger partial charge in [-0.2, -0.15) is 0 Å². The molecule has 0 saturated carbocycles. The molecule has 1 heterocycles. The van der Waals surface area contributed by atoms with E-state index in [1.165, 1.54) is 18.3 Å². The Bertz CT molecular complexity index is 412. The van der Waals surface area contributed by atoms with Crippen molar-refractivity contribution in [3.63, 3.8) is 0 Å². The molecule has 0 spiro atoms. The van der Waals surface area contributed by atoms with Crippen LogP contribution >= 0.6 is 0 Å². The zero-order chi connectivity index (χ0) is 12.1. The molecular formula is C11H16N2O3. The smallest absolute Gasteiger partial charge is 0.251 e. The average molecular weight is 224 g/mol. The third kappa shape index (κ3) is 3.86. The normalized spacial score (nSPS) is 14.2. The van der Waals surface area contributed by atoms with E-state index in [2.05, 4.69) is 10.3 Å². The number of aromatic amines is 1. The van der Waals surface area contributed by atoms with Crippen molar-refractivity contribution in [2.75, 3.05) is 0 Å². The van der Waals surface area contributed by atoms with Gasteiger partial charge in [-0.3, -0.25) is 9.59 Å². The molecule has 0 bridgehead atoms. The van der Waals surface area contributed by atoms with E-state index in [-0.39, 0.29) is 17.5 Å². The Morgan fingerprint density at radius 1 is 1.56 bits per heavy atom. The summed E-state index contributed by atoms with van der Waals surface area (Å²) in [5, 5.41) is 11.8. The van der Waals surface area contributed by atoms with Crippen LogP contribution in [-0.2, 0) is 0 Å². The summed E-state index contributed by atoms with van der Waals surface area (Å²) in [5.74, 6) is -0.306. The molecule has 5 nitrogen and oxygen atoms in total. The standard InChI is InChI=1S/C11H16N2O3/c1-7(5-8(2)14)13-11(16)9-3-4-12-10(15)6-9/h3-4,6-8,14H,5H2,1-2H3,(H,12,15)(H,13,16). The van der Waals surface area contributed by atoms with Gasteiger partial charge in [0.1, 0.15) is 0 Å². The maximum atomic E-state index is 11.6. The van der Waals surface area contributed by atoms with Gasteiger partial charge in [-0.05, 0) is 26.3 Å². The Morgan fingerprint density at radius 2 is 2.25 bits per heavy atom. The van der Waals surface area contributed by atoms with Gasteiger partial charge in [0.2, 0.25) is 5.56 Å². The van der Waals surface area contributed by atoms with Crippen LogP contribution in [0.15, 0.2) is 23.1 Å². The number of pyridine rings is 1. The molecule has 2 unspecified atom stereocenters. The highest BCUT2D eigenvalue weighted by Crippen LogP contribution is 1.99. The fourth-order valence-electron chi connectivity index (χ4n) is 1.46. The Morgan fingerprint density at radius 3 is 2.81 bits per heavy atom. The predicted molar refractivity (Wildman–Crippen MR) is 60.3 cm³/mol. The lowest BCUT2D eigenvalue weighted by molar-refractivity contribution is 0.0923. The lowest BCUT2D eigenvalue weighted by Gasteiger charge is -2.15. The van der Waals surface area contributed by atoms with Crippen LogP contribution in [0.5, 0.6) is 0 Å². The second-order valence-corrected chi connectivity index (χ2v) is 3.90. The average Bonchev–Trinajstić information content (AvgIpc) is 2.16. The zero-order valence-corrected chi connectivity index (χ0v) is 9.36. The Labute approximate surface area is 93.5 Å². The van der Waals surface area contributed by atoms with Crippen LogP contribution in [0.25, 0.3) is 0 Å². The van der Waals surface area contributed by atoms with Crippen molar-refractivity contribution in [2.45, 2.75) is 32.4 Å². The minimum Gasteiger partial charge on any atom is -0.393 e. The summed E-state index contributed by atoms with van der Waals surface area (Å²) < 4.78 is 0. The summed E-state index contributed by atoms with van der Waals surface area (Å²) in [7, 11) is 0. The molecule has 5 heteroatoms. The summed E-state index contributed by atoms with van der Waals surface area (Å²) in [6, 6.07) is 2.64. The number of H-pyrrole nitrogens is 1. The highest BCUT2D eigenvalue weighted by atomic mass is 16.3. The fourth-order valence-corrected chi connectivity index (χ4v) is 1.46. The van der Waals surface area contributed by atoms with E-state index in [0.29, 0.717) is 12.0 Å². The zero-order valence-electron chi connectivity index (χ0n) is 9.36. The van der Waals surface area contributed by atoms with Crippen molar-refractivity contribution < 1.29 is 9.90 Å². The van der Waals surface area contributed by atoms with E-state index in [1.807, 2.05) is 0 Å². The molecule has 88 valence electrons.